The average molecular weight is 309 g/mol. The largest absolute Gasteiger partial charge is 0.325 e. The molecule has 1 saturated heterocycles. The van der Waals surface area contributed by atoms with E-state index in [1.807, 2.05) is 0 Å². The predicted octanol–water partition coefficient (Wildman–Crippen LogP) is 2.51. The molecular formula is C17H31N3O2. The van der Waals surface area contributed by atoms with Crippen molar-refractivity contribution in [1.82, 2.24) is 15.5 Å². The Labute approximate surface area is 134 Å². The number of nitrogens with zero attached hydrogens (tertiary/aromatic N) is 1. The van der Waals surface area contributed by atoms with Crippen molar-refractivity contribution in [3.63, 3.8) is 0 Å². The number of rotatable bonds is 4. The van der Waals surface area contributed by atoms with Gasteiger partial charge < -0.3 is 10.6 Å². The Balaban J connectivity index is 1.88. The van der Waals surface area contributed by atoms with E-state index in [2.05, 4.69) is 31.4 Å². The second kappa shape index (κ2) is 6.19. The minimum absolute atomic E-state index is 0.129. The van der Waals surface area contributed by atoms with Crippen LogP contribution in [0.4, 0.5) is 4.79 Å². The first kappa shape index (κ1) is 17.3. The molecule has 0 bridgehead atoms. The first-order valence-corrected chi connectivity index (χ1v) is 8.50. The van der Waals surface area contributed by atoms with Crippen molar-refractivity contribution in [3.05, 3.63) is 0 Å². The highest BCUT2D eigenvalue weighted by Crippen LogP contribution is 2.37. The van der Waals surface area contributed by atoms with Crippen molar-refractivity contribution in [1.29, 1.82) is 0 Å². The summed E-state index contributed by atoms with van der Waals surface area (Å²) < 4.78 is 0. The van der Waals surface area contributed by atoms with Crippen LogP contribution in [0.2, 0.25) is 0 Å². The van der Waals surface area contributed by atoms with Gasteiger partial charge in [-0.1, -0.05) is 33.6 Å². The Bertz CT molecular complexity index is 440. The van der Waals surface area contributed by atoms with Crippen molar-refractivity contribution in [2.45, 2.75) is 71.9 Å². The summed E-state index contributed by atoms with van der Waals surface area (Å²) in [4.78, 5) is 25.4. The van der Waals surface area contributed by atoms with Crippen LogP contribution in [0, 0.1) is 11.3 Å². The van der Waals surface area contributed by atoms with Crippen molar-refractivity contribution in [2.24, 2.45) is 11.3 Å². The first-order valence-electron chi connectivity index (χ1n) is 8.50. The number of amides is 3. The van der Waals surface area contributed by atoms with E-state index in [1.165, 1.54) is 30.6 Å². The third-order valence-electron chi connectivity index (χ3n) is 5.06. The van der Waals surface area contributed by atoms with Gasteiger partial charge in [0.2, 0.25) is 0 Å². The molecule has 5 nitrogen and oxygen atoms in total. The molecule has 2 rings (SSSR count). The standard InChI is InChI=1S/C17H31N3O2/c1-16(2,3)12-8-6-7-9-13(12)18-10-11-20-14(21)17(4,5)19-15(20)22/h12-13,18H,6-11H2,1-5H3,(H,19,22). The number of carbonyl (C=O) groups is 2. The average Bonchev–Trinajstić information content (AvgIpc) is 2.60. The highest BCUT2D eigenvalue weighted by Gasteiger charge is 2.44. The van der Waals surface area contributed by atoms with Crippen LogP contribution in [0.15, 0.2) is 0 Å². The maximum absolute atomic E-state index is 12.2. The van der Waals surface area contributed by atoms with E-state index in [9.17, 15) is 9.59 Å². The molecule has 0 radical (unpaired) electrons. The number of imide groups is 1. The SMILES string of the molecule is CC1(C)NC(=O)N(CCNC2CCCCC2C(C)(C)C)C1=O. The molecule has 0 aromatic rings. The maximum Gasteiger partial charge on any atom is 0.325 e. The monoisotopic (exact) mass is 309 g/mol. The first-order chi connectivity index (χ1) is 10.1. The molecule has 0 aromatic carbocycles. The highest BCUT2D eigenvalue weighted by atomic mass is 16.2. The fourth-order valence-electron chi connectivity index (χ4n) is 3.79. The van der Waals surface area contributed by atoms with E-state index in [4.69, 9.17) is 0 Å². The van der Waals surface area contributed by atoms with Gasteiger partial charge in [0, 0.05) is 19.1 Å². The van der Waals surface area contributed by atoms with Gasteiger partial charge >= 0.3 is 6.03 Å². The number of hydrogen-bond acceptors (Lipinski definition) is 3. The molecule has 1 saturated carbocycles. The van der Waals surface area contributed by atoms with Crippen molar-refractivity contribution in [3.8, 4) is 0 Å². The molecule has 22 heavy (non-hydrogen) atoms. The van der Waals surface area contributed by atoms with Gasteiger partial charge in [0.1, 0.15) is 5.54 Å². The minimum atomic E-state index is -0.768. The molecule has 0 aromatic heterocycles. The summed E-state index contributed by atoms with van der Waals surface area (Å²) in [6.45, 7) is 11.5. The molecule has 2 fully saturated rings. The summed E-state index contributed by atoms with van der Waals surface area (Å²) in [5.74, 6) is 0.524. The highest BCUT2D eigenvalue weighted by molar-refractivity contribution is 6.06. The van der Waals surface area contributed by atoms with Crippen LogP contribution in [-0.2, 0) is 4.79 Å². The van der Waals surface area contributed by atoms with E-state index in [1.54, 1.807) is 13.8 Å². The molecule has 2 atom stereocenters. The quantitative estimate of drug-likeness (QED) is 0.784. The fraction of sp³-hybridized carbons (Fsp3) is 0.882. The maximum atomic E-state index is 12.2. The number of hydrogen-bond donors (Lipinski definition) is 2. The third kappa shape index (κ3) is 3.62. The lowest BCUT2D eigenvalue weighted by atomic mass is 9.69. The molecular weight excluding hydrogens is 278 g/mol. The Kier molecular flexibility index (Phi) is 4.85. The van der Waals surface area contributed by atoms with Gasteiger partial charge in [-0.2, -0.15) is 0 Å². The molecule has 2 aliphatic rings. The zero-order chi connectivity index (χ0) is 16.5. The molecule has 1 heterocycles. The zero-order valence-corrected chi connectivity index (χ0v) is 14.7. The van der Waals surface area contributed by atoms with Gasteiger partial charge in [-0.15, -0.1) is 0 Å². The van der Waals surface area contributed by atoms with E-state index in [0.717, 1.165) is 0 Å². The molecule has 126 valence electrons. The van der Waals surface area contributed by atoms with Gasteiger partial charge in [-0.25, -0.2) is 4.79 Å². The summed E-state index contributed by atoms with van der Waals surface area (Å²) in [5.41, 5.74) is -0.475. The van der Waals surface area contributed by atoms with Gasteiger partial charge in [-0.3, -0.25) is 9.69 Å². The van der Waals surface area contributed by atoms with Crippen molar-refractivity contribution in [2.75, 3.05) is 13.1 Å². The molecule has 2 N–H and O–H groups in total. The van der Waals surface area contributed by atoms with Crippen molar-refractivity contribution >= 4 is 11.9 Å². The molecule has 1 aliphatic carbocycles. The fourth-order valence-corrected chi connectivity index (χ4v) is 3.79. The summed E-state index contributed by atoms with van der Waals surface area (Å²) in [5, 5.41) is 6.32. The lowest BCUT2D eigenvalue weighted by Crippen LogP contribution is -2.47. The number of carbonyl (C=O) groups excluding carboxylic acids is 2. The lowest BCUT2D eigenvalue weighted by Gasteiger charge is -2.41. The van der Waals surface area contributed by atoms with Crippen LogP contribution in [0.3, 0.4) is 0 Å². The summed E-state index contributed by atoms with van der Waals surface area (Å²) >= 11 is 0. The molecule has 5 heteroatoms. The van der Waals surface area contributed by atoms with E-state index in [-0.39, 0.29) is 11.9 Å². The normalized spacial score (nSPS) is 28.9. The topological polar surface area (TPSA) is 61.4 Å². The summed E-state index contributed by atoms with van der Waals surface area (Å²) in [6.07, 6.45) is 5.02. The Hall–Kier alpha value is -1.10. The number of nitrogens with one attached hydrogen (secondary N) is 2. The van der Waals surface area contributed by atoms with Crippen LogP contribution in [0.25, 0.3) is 0 Å². The Morgan fingerprint density at radius 3 is 2.41 bits per heavy atom. The van der Waals surface area contributed by atoms with Gasteiger partial charge in [0.05, 0.1) is 0 Å². The Morgan fingerprint density at radius 2 is 1.86 bits per heavy atom. The summed E-state index contributed by atoms with van der Waals surface area (Å²) in [6, 6.07) is 0.218. The van der Waals surface area contributed by atoms with E-state index >= 15 is 0 Å². The summed E-state index contributed by atoms with van der Waals surface area (Å²) in [7, 11) is 0. The van der Waals surface area contributed by atoms with Crippen LogP contribution in [0.1, 0.15) is 60.3 Å². The minimum Gasteiger partial charge on any atom is -0.324 e. The van der Waals surface area contributed by atoms with Gasteiger partial charge in [0.25, 0.3) is 5.91 Å². The molecule has 0 spiro atoms. The smallest absolute Gasteiger partial charge is 0.324 e. The second-order valence-electron chi connectivity index (χ2n) is 8.33. The van der Waals surface area contributed by atoms with E-state index in [0.29, 0.717) is 30.5 Å². The van der Waals surface area contributed by atoms with Gasteiger partial charge in [-0.05, 0) is 38.0 Å². The molecule has 2 unspecified atom stereocenters. The van der Waals surface area contributed by atoms with Crippen LogP contribution >= 0.6 is 0 Å². The van der Waals surface area contributed by atoms with Crippen molar-refractivity contribution < 1.29 is 9.59 Å². The van der Waals surface area contributed by atoms with E-state index < -0.39 is 5.54 Å². The number of urea groups is 1. The molecule has 1 aliphatic heterocycles. The van der Waals surface area contributed by atoms with Crippen LogP contribution in [0.5, 0.6) is 0 Å². The third-order valence-corrected chi connectivity index (χ3v) is 5.06. The zero-order valence-electron chi connectivity index (χ0n) is 14.7. The van der Waals surface area contributed by atoms with Gasteiger partial charge in [0.15, 0.2) is 0 Å². The lowest BCUT2D eigenvalue weighted by molar-refractivity contribution is -0.130. The van der Waals surface area contributed by atoms with Crippen LogP contribution < -0.4 is 10.6 Å². The molecule has 3 amide bonds. The Morgan fingerprint density at radius 1 is 1.23 bits per heavy atom. The predicted molar refractivity (Wildman–Crippen MR) is 87.5 cm³/mol. The second-order valence-corrected chi connectivity index (χ2v) is 8.33. The van der Waals surface area contributed by atoms with Crippen LogP contribution in [-0.4, -0.2) is 41.5 Å².